The van der Waals surface area contributed by atoms with Gasteiger partial charge in [-0.1, -0.05) is 6.92 Å². The average molecular weight is 254 g/mol. The van der Waals surface area contributed by atoms with E-state index in [1.54, 1.807) is 0 Å². The van der Waals surface area contributed by atoms with Crippen molar-refractivity contribution in [1.29, 1.82) is 0 Å². The molecule has 1 heterocycles. The molecule has 18 heavy (non-hydrogen) atoms. The minimum atomic E-state index is 0.0127. The zero-order valence-electron chi connectivity index (χ0n) is 11.9. The lowest BCUT2D eigenvalue weighted by Gasteiger charge is -2.36. The normalized spacial score (nSPS) is 43.6. The van der Waals surface area contributed by atoms with Gasteiger partial charge in [-0.3, -0.25) is 4.79 Å². The molecular formula is C14H26N2O2. The van der Waals surface area contributed by atoms with Crippen molar-refractivity contribution in [1.82, 2.24) is 4.90 Å². The lowest BCUT2D eigenvalue weighted by Crippen LogP contribution is -2.46. The second kappa shape index (κ2) is 5.17. The number of rotatable bonds is 3. The summed E-state index contributed by atoms with van der Waals surface area (Å²) < 4.78 is 5.75. The SMILES string of the molecule is CC1OC(C)C(C(=O)N(C)CC2CC(N)C2)C1C. The second-order valence-corrected chi connectivity index (χ2v) is 6.25. The topological polar surface area (TPSA) is 55.6 Å². The Bertz CT molecular complexity index is 315. The van der Waals surface area contributed by atoms with Gasteiger partial charge in [0.2, 0.25) is 5.91 Å². The molecule has 2 N–H and O–H groups in total. The molecule has 4 heteroatoms. The van der Waals surface area contributed by atoms with Crippen molar-refractivity contribution in [2.75, 3.05) is 13.6 Å². The zero-order chi connectivity index (χ0) is 13.4. The van der Waals surface area contributed by atoms with Crippen LogP contribution in [0.3, 0.4) is 0 Å². The van der Waals surface area contributed by atoms with Crippen LogP contribution in [0.15, 0.2) is 0 Å². The van der Waals surface area contributed by atoms with Crippen LogP contribution in [0.5, 0.6) is 0 Å². The molecule has 0 aromatic rings. The van der Waals surface area contributed by atoms with Gasteiger partial charge in [0.05, 0.1) is 18.1 Å². The first kappa shape index (κ1) is 13.8. The Balaban J connectivity index is 1.90. The lowest BCUT2D eigenvalue weighted by molar-refractivity contribution is -0.137. The number of amides is 1. The van der Waals surface area contributed by atoms with Crippen LogP contribution in [0.4, 0.5) is 0 Å². The quantitative estimate of drug-likeness (QED) is 0.824. The Kier molecular flexibility index (Phi) is 3.97. The number of nitrogens with zero attached hydrogens (tertiary/aromatic N) is 1. The van der Waals surface area contributed by atoms with E-state index in [1.165, 1.54) is 0 Å². The van der Waals surface area contributed by atoms with E-state index in [4.69, 9.17) is 10.5 Å². The number of carbonyl (C=O) groups excluding carboxylic acids is 1. The van der Waals surface area contributed by atoms with Crippen molar-refractivity contribution in [3.8, 4) is 0 Å². The van der Waals surface area contributed by atoms with E-state index in [-0.39, 0.29) is 24.0 Å². The van der Waals surface area contributed by atoms with Gasteiger partial charge in [-0.25, -0.2) is 0 Å². The van der Waals surface area contributed by atoms with Crippen LogP contribution in [0.2, 0.25) is 0 Å². The summed E-state index contributed by atoms with van der Waals surface area (Å²) in [6.07, 6.45) is 2.33. The van der Waals surface area contributed by atoms with E-state index < -0.39 is 0 Å². The molecule has 0 aromatic heterocycles. The highest BCUT2D eigenvalue weighted by Gasteiger charge is 2.43. The Morgan fingerprint density at radius 2 is 1.89 bits per heavy atom. The van der Waals surface area contributed by atoms with Gasteiger partial charge < -0.3 is 15.4 Å². The molecule has 0 radical (unpaired) electrons. The van der Waals surface area contributed by atoms with Crippen LogP contribution in [0.1, 0.15) is 33.6 Å². The molecule has 0 spiro atoms. The lowest BCUT2D eigenvalue weighted by atomic mass is 9.80. The van der Waals surface area contributed by atoms with E-state index in [1.807, 2.05) is 18.9 Å². The Labute approximate surface area is 110 Å². The Hall–Kier alpha value is -0.610. The van der Waals surface area contributed by atoms with Crippen molar-refractivity contribution in [2.45, 2.75) is 51.9 Å². The molecule has 1 saturated carbocycles. The fourth-order valence-electron chi connectivity index (χ4n) is 3.36. The molecule has 104 valence electrons. The van der Waals surface area contributed by atoms with Gasteiger partial charge in [-0.2, -0.15) is 0 Å². The molecule has 1 aliphatic carbocycles. The van der Waals surface area contributed by atoms with Crippen LogP contribution in [0.25, 0.3) is 0 Å². The number of hydrogen-bond acceptors (Lipinski definition) is 3. The minimum Gasteiger partial charge on any atom is -0.374 e. The van der Waals surface area contributed by atoms with Gasteiger partial charge >= 0.3 is 0 Å². The van der Waals surface area contributed by atoms with Gasteiger partial charge in [0.25, 0.3) is 0 Å². The summed E-state index contributed by atoms with van der Waals surface area (Å²) >= 11 is 0. The monoisotopic (exact) mass is 254 g/mol. The van der Waals surface area contributed by atoms with E-state index in [0.717, 1.165) is 19.4 Å². The Morgan fingerprint density at radius 3 is 2.33 bits per heavy atom. The third kappa shape index (κ3) is 2.54. The first-order valence-corrected chi connectivity index (χ1v) is 7.06. The largest absolute Gasteiger partial charge is 0.374 e. The molecular weight excluding hydrogens is 228 g/mol. The van der Waals surface area contributed by atoms with Crippen molar-refractivity contribution in [3.05, 3.63) is 0 Å². The van der Waals surface area contributed by atoms with Crippen molar-refractivity contribution < 1.29 is 9.53 Å². The predicted octanol–water partition coefficient (Wildman–Crippen LogP) is 1.24. The first-order chi connectivity index (χ1) is 8.40. The van der Waals surface area contributed by atoms with Gasteiger partial charge in [0.15, 0.2) is 0 Å². The number of ether oxygens (including phenoxy) is 1. The molecule has 1 saturated heterocycles. The molecule has 2 fully saturated rings. The number of carbonyl (C=O) groups is 1. The summed E-state index contributed by atoms with van der Waals surface area (Å²) in [6, 6.07) is 0.353. The van der Waals surface area contributed by atoms with Crippen LogP contribution in [-0.2, 0) is 9.53 Å². The van der Waals surface area contributed by atoms with Crippen LogP contribution in [-0.4, -0.2) is 42.6 Å². The average Bonchev–Trinajstić information content (AvgIpc) is 2.50. The van der Waals surface area contributed by atoms with E-state index in [0.29, 0.717) is 17.9 Å². The predicted molar refractivity (Wildman–Crippen MR) is 71.0 cm³/mol. The summed E-state index contributed by atoms with van der Waals surface area (Å²) in [6.45, 7) is 7.02. The van der Waals surface area contributed by atoms with Crippen molar-refractivity contribution >= 4 is 5.91 Å². The number of hydrogen-bond donors (Lipinski definition) is 1. The number of nitrogens with two attached hydrogens (primary N) is 1. The van der Waals surface area contributed by atoms with Crippen LogP contribution in [0, 0.1) is 17.8 Å². The summed E-state index contributed by atoms with van der Waals surface area (Å²) in [4.78, 5) is 14.4. The molecule has 4 nitrogen and oxygen atoms in total. The molecule has 0 aromatic carbocycles. The second-order valence-electron chi connectivity index (χ2n) is 6.25. The maximum absolute atomic E-state index is 12.5. The highest BCUT2D eigenvalue weighted by Crippen LogP contribution is 2.34. The molecule has 4 unspecified atom stereocenters. The van der Waals surface area contributed by atoms with E-state index in [9.17, 15) is 4.79 Å². The molecule has 0 bridgehead atoms. The fourth-order valence-corrected chi connectivity index (χ4v) is 3.36. The fraction of sp³-hybridized carbons (Fsp3) is 0.929. The highest BCUT2D eigenvalue weighted by atomic mass is 16.5. The summed E-state index contributed by atoms with van der Waals surface area (Å²) in [7, 11) is 1.91. The summed E-state index contributed by atoms with van der Waals surface area (Å²) in [5.74, 6) is 1.15. The zero-order valence-corrected chi connectivity index (χ0v) is 11.9. The standard InChI is InChI=1S/C14H26N2O2/c1-8-9(2)18-10(3)13(8)14(17)16(4)7-11-5-12(15)6-11/h8-13H,5-7,15H2,1-4H3. The van der Waals surface area contributed by atoms with Gasteiger partial charge in [0.1, 0.15) is 0 Å². The van der Waals surface area contributed by atoms with Crippen molar-refractivity contribution in [3.63, 3.8) is 0 Å². The molecule has 1 aliphatic heterocycles. The van der Waals surface area contributed by atoms with Gasteiger partial charge in [-0.15, -0.1) is 0 Å². The Morgan fingerprint density at radius 1 is 1.28 bits per heavy atom. The third-order valence-corrected chi connectivity index (χ3v) is 4.71. The third-order valence-electron chi connectivity index (χ3n) is 4.71. The molecule has 2 rings (SSSR count). The maximum Gasteiger partial charge on any atom is 0.228 e. The smallest absolute Gasteiger partial charge is 0.228 e. The van der Waals surface area contributed by atoms with Crippen molar-refractivity contribution in [2.24, 2.45) is 23.5 Å². The van der Waals surface area contributed by atoms with Gasteiger partial charge in [0, 0.05) is 19.6 Å². The minimum absolute atomic E-state index is 0.0127. The van der Waals surface area contributed by atoms with Crippen LogP contribution < -0.4 is 5.73 Å². The first-order valence-electron chi connectivity index (χ1n) is 7.06. The highest BCUT2D eigenvalue weighted by molar-refractivity contribution is 5.79. The molecule has 2 aliphatic rings. The maximum atomic E-state index is 12.5. The van der Waals surface area contributed by atoms with Crippen LogP contribution >= 0.6 is 0 Å². The molecule has 1 amide bonds. The molecule has 4 atom stereocenters. The summed E-state index contributed by atoms with van der Waals surface area (Å²) in [5.41, 5.74) is 5.78. The van der Waals surface area contributed by atoms with E-state index >= 15 is 0 Å². The van der Waals surface area contributed by atoms with E-state index in [2.05, 4.69) is 13.8 Å². The van der Waals surface area contributed by atoms with Gasteiger partial charge in [-0.05, 0) is 38.5 Å². The summed E-state index contributed by atoms with van der Waals surface area (Å²) in [5, 5.41) is 0.